The van der Waals surface area contributed by atoms with E-state index in [4.69, 9.17) is 14.2 Å². The van der Waals surface area contributed by atoms with Gasteiger partial charge >= 0.3 is 6.09 Å². The summed E-state index contributed by atoms with van der Waals surface area (Å²) >= 11 is 0. The molecule has 6 heteroatoms. The second kappa shape index (κ2) is 10.8. The zero-order chi connectivity index (χ0) is 17.1. The smallest absolute Gasteiger partial charge is 0.410 e. The molecular weight excluding hydrogens is 296 g/mol. The van der Waals surface area contributed by atoms with Gasteiger partial charge in [-0.2, -0.15) is 0 Å². The molecule has 6 nitrogen and oxygen atoms in total. The van der Waals surface area contributed by atoms with Crippen LogP contribution in [0.25, 0.3) is 0 Å². The molecule has 1 fully saturated rings. The lowest BCUT2D eigenvalue weighted by molar-refractivity contribution is 0.0226. The van der Waals surface area contributed by atoms with Crippen molar-refractivity contribution in [2.45, 2.75) is 58.1 Å². The van der Waals surface area contributed by atoms with Gasteiger partial charge in [-0.1, -0.05) is 0 Å². The van der Waals surface area contributed by atoms with E-state index in [1.165, 1.54) is 0 Å². The fraction of sp³-hybridized carbons (Fsp3) is 0.941. The first-order chi connectivity index (χ1) is 10.9. The third-order valence-electron chi connectivity index (χ3n) is 3.71. The second-order valence-corrected chi connectivity index (χ2v) is 6.99. The summed E-state index contributed by atoms with van der Waals surface area (Å²) in [6, 6.07) is 0.253. The summed E-state index contributed by atoms with van der Waals surface area (Å²) in [5.41, 5.74) is -0.430. The SMILES string of the molecule is COCCOCCCCNCC1CCCN1C(=O)OC(C)(C)C. The van der Waals surface area contributed by atoms with Gasteiger partial charge in [-0.25, -0.2) is 4.79 Å². The third kappa shape index (κ3) is 9.13. The predicted octanol–water partition coefficient (Wildman–Crippen LogP) is 2.42. The fourth-order valence-corrected chi connectivity index (χ4v) is 2.58. The fourth-order valence-electron chi connectivity index (χ4n) is 2.58. The maximum absolute atomic E-state index is 12.2. The van der Waals surface area contributed by atoms with Crippen LogP contribution in [-0.2, 0) is 14.2 Å². The van der Waals surface area contributed by atoms with E-state index in [1.807, 2.05) is 25.7 Å². The molecule has 1 N–H and O–H groups in total. The zero-order valence-corrected chi connectivity index (χ0v) is 15.2. The van der Waals surface area contributed by atoms with E-state index in [2.05, 4.69) is 5.32 Å². The monoisotopic (exact) mass is 330 g/mol. The van der Waals surface area contributed by atoms with E-state index >= 15 is 0 Å². The molecule has 1 heterocycles. The van der Waals surface area contributed by atoms with Crippen molar-refractivity contribution in [3.63, 3.8) is 0 Å². The number of nitrogens with zero attached hydrogens (tertiary/aromatic N) is 1. The quantitative estimate of drug-likeness (QED) is 0.623. The van der Waals surface area contributed by atoms with Crippen molar-refractivity contribution >= 4 is 6.09 Å². The maximum atomic E-state index is 12.2. The Balaban J connectivity index is 2.10. The average Bonchev–Trinajstić information content (AvgIpc) is 2.92. The Kier molecular flexibility index (Phi) is 9.52. The summed E-state index contributed by atoms with van der Waals surface area (Å²) in [4.78, 5) is 14.0. The van der Waals surface area contributed by atoms with Gasteiger partial charge < -0.3 is 24.4 Å². The van der Waals surface area contributed by atoms with Crippen LogP contribution in [0.2, 0.25) is 0 Å². The number of methoxy groups -OCH3 is 1. The van der Waals surface area contributed by atoms with Gasteiger partial charge in [0.25, 0.3) is 0 Å². The maximum Gasteiger partial charge on any atom is 0.410 e. The van der Waals surface area contributed by atoms with Gasteiger partial charge in [0.05, 0.1) is 13.2 Å². The van der Waals surface area contributed by atoms with Crippen LogP contribution in [0.1, 0.15) is 46.5 Å². The lowest BCUT2D eigenvalue weighted by Gasteiger charge is -2.28. The third-order valence-corrected chi connectivity index (χ3v) is 3.71. The highest BCUT2D eigenvalue weighted by molar-refractivity contribution is 5.69. The topological polar surface area (TPSA) is 60.0 Å². The van der Waals surface area contributed by atoms with Crippen molar-refractivity contribution in [3.05, 3.63) is 0 Å². The van der Waals surface area contributed by atoms with Gasteiger partial charge in [-0.15, -0.1) is 0 Å². The number of amides is 1. The van der Waals surface area contributed by atoms with Gasteiger partial charge in [0, 0.05) is 32.8 Å². The molecule has 136 valence electrons. The number of carbonyl (C=O) groups is 1. The van der Waals surface area contributed by atoms with Crippen LogP contribution >= 0.6 is 0 Å². The van der Waals surface area contributed by atoms with Crippen LogP contribution in [0.3, 0.4) is 0 Å². The van der Waals surface area contributed by atoms with Crippen molar-refractivity contribution in [3.8, 4) is 0 Å². The Morgan fingerprint density at radius 2 is 2.00 bits per heavy atom. The highest BCUT2D eigenvalue weighted by Crippen LogP contribution is 2.20. The van der Waals surface area contributed by atoms with Gasteiger partial charge in [0.1, 0.15) is 5.60 Å². The van der Waals surface area contributed by atoms with Crippen LogP contribution in [0.15, 0.2) is 0 Å². The average molecular weight is 330 g/mol. The number of carbonyl (C=O) groups excluding carboxylic acids is 1. The van der Waals surface area contributed by atoms with Crippen LogP contribution in [0.4, 0.5) is 4.79 Å². The molecular formula is C17H34N2O4. The van der Waals surface area contributed by atoms with E-state index in [0.29, 0.717) is 13.2 Å². The first-order valence-electron chi connectivity index (χ1n) is 8.71. The summed E-state index contributed by atoms with van der Waals surface area (Å²) in [6.07, 6.45) is 4.03. The summed E-state index contributed by atoms with van der Waals surface area (Å²) in [7, 11) is 1.68. The number of nitrogens with one attached hydrogen (secondary N) is 1. The van der Waals surface area contributed by atoms with Gasteiger partial charge in [-0.3, -0.25) is 0 Å². The molecule has 0 bridgehead atoms. The van der Waals surface area contributed by atoms with E-state index in [0.717, 1.165) is 51.9 Å². The van der Waals surface area contributed by atoms with E-state index in [9.17, 15) is 4.79 Å². The first kappa shape index (κ1) is 20.2. The molecule has 0 aromatic carbocycles. The Bertz CT molecular complexity index is 331. The molecule has 1 rings (SSSR count). The summed E-state index contributed by atoms with van der Waals surface area (Å²) < 4.78 is 15.8. The standard InChI is InChI=1S/C17H34N2O4/c1-17(2,3)23-16(20)19-10-7-8-15(19)14-18-9-5-6-11-22-13-12-21-4/h15,18H,5-14H2,1-4H3. The summed E-state index contributed by atoms with van der Waals surface area (Å²) in [5, 5.41) is 3.45. The molecule has 0 saturated carbocycles. The molecule has 1 atom stereocenters. The lowest BCUT2D eigenvalue weighted by atomic mass is 10.2. The number of rotatable bonds is 10. The van der Waals surface area contributed by atoms with E-state index in [-0.39, 0.29) is 12.1 Å². The van der Waals surface area contributed by atoms with Crippen LogP contribution in [0.5, 0.6) is 0 Å². The number of ether oxygens (including phenoxy) is 3. The van der Waals surface area contributed by atoms with Crippen LogP contribution < -0.4 is 5.32 Å². The highest BCUT2D eigenvalue weighted by atomic mass is 16.6. The van der Waals surface area contributed by atoms with E-state index < -0.39 is 5.60 Å². The van der Waals surface area contributed by atoms with Gasteiger partial charge in [-0.05, 0) is 53.0 Å². The minimum atomic E-state index is -0.430. The van der Waals surface area contributed by atoms with Crippen molar-refractivity contribution < 1.29 is 19.0 Å². The Morgan fingerprint density at radius 3 is 2.70 bits per heavy atom. The number of unbranched alkanes of at least 4 members (excludes halogenated alkanes) is 1. The summed E-state index contributed by atoms with van der Waals surface area (Å²) in [6.45, 7) is 10.4. The lowest BCUT2D eigenvalue weighted by Crippen LogP contribution is -2.44. The predicted molar refractivity (Wildman–Crippen MR) is 90.8 cm³/mol. The Morgan fingerprint density at radius 1 is 1.22 bits per heavy atom. The molecule has 0 spiro atoms. The molecule has 0 radical (unpaired) electrons. The summed E-state index contributed by atoms with van der Waals surface area (Å²) in [5.74, 6) is 0. The second-order valence-electron chi connectivity index (χ2n) is 6.99. The van der Waals surface area contributed by atoms with Crippen molar-refractivity contribution in [1.29, 1.82) is 0 Å². The van der Waals surface area contributed by atoms with Crippen molar-refractivity contribution in [2.24, 2.45) is 0 Å². The van der Waals surface area contributed by atoms with Gasteiger partial charge in [0.15, 0.2) is 0 Å². The van der Waals surface area contributed by atoms with Gasteiger partial charge in [0.2, 0.25) is 0 Å². The molecule has 0 aromatic heterocycles. The molecule has 1 aliphatic rings. The molecule has 0 aliphatic carbocycles. The minimum Gasteiger partial charge on any atom is -0.444 e. The molecule has 23 heavy (non-hydrogen) atoms. The van der Waals surface area contributed by atoms with Crippen LogP contribution in [-0.4, -0.2) is 69.2 Å². The molecule has 1 amide bonds. The van der Waals surface area contributed by atoms with E-state index in [1.54, 1.807) is 7.11 Å². The molecule has 1 saturated heterocycles. The van der Waals surface area contributed by atoms with Crippen molar-refractivity contribution in [1.82, 2.24) is 10.2 Å². The zero-order valence-electron chi connectivity index (χ0n) is 15.2. The largest absolute Gasteiger partial charge is 0.444 e. The normalized spacial score (nSPS) is 18.4. The molecule has 1 unspecified atom stereocenters. The number of likely N-dealkylation sites (tertiary alicyclic amines) is 1. The Labute approximate surface area is 140 Å². The molecule has 1 aliphatic heterocycles. The van der Waals surface area contributed by atoms with Crippen LogP contribution in [0, 0.1) is 0 Å². The number of hydrogen-bond acceptors (Lipinski definition) is 5. The first-order valence-corrected chi connectivity index (χ1v) is 8.71. The minimum absolute atomic E-state index is 0.187. The number of hydrogen-bond donors (Lipinski definition) is 1. The van der Waals surface area contributed by atoms with Crippen molar-refractivity contribution in [2.75, 3.05) is 46.6 Å². The highest BCUT2D eigenvalue weighted by Gasteiger charge is 2.31. The Hall–Kier alpha value is -0.850. The molecule has 0 aromatic rings.